The Hall–Kier alpha value is -0.690. The van der Waals surface area contributed by atoms with Gasteiger partial charge in [0.25, 0.3) is 0 Å². The van der Waals surface area contributed by atoms with Crippen molar-refractivity contribution in [1.82, 2.24) is 10.6 Å². The van der Waals surface area contributed by atoms with Crippen molar-refractivity contribution in [2.75, 3.05) is 32.8 Å². The number of rotatable bonds is 6. The van der Waals surface area contributed by atoms with Gasteiger partial charge in [-0.25, -0.2) is 0 Å². The van der Waals surface area contributed by atoms with Gasteiger partial charge in [-0.2, -0.15) is 0 Å². The topological polar surface area (TPSA) is 79.8 Å². The zero-order chi connectivity index (χ0) is 14.4. The van der Waals surface area contributed by atoms with Crippen molar-refractivity contribution < 1.29 is 19.4 Å². The molecular weight excluding hydrogens is 260 g/mol. The Morgan fingerprint density at radius 1 is 1.50 bits per heavy atom. The standard InChI is InChI=1S/C14H26N2O4/c1-11-14(18,5-9-19-11)10-16-13(17)4-8-20-12-2-6-15-7-3-12/h11-12,15,18H,2-10H2,1H3,(H,16,17). The molecule has 0 spiro atoms. The van der Waals surface area contributed by atoms with Gasteiger partial charge in [-0.1, -0.05) is 0 Å². The molecule has 2 rings (SSSR count). The van der Waals surface area contributed by atoms with Gasteiger partial charge in [-0.15, -0.1) is 0 Å². The lowest BCUT2D eigenvalue weighted by Crippen LogP contribution is -2.47. The summed E-state index contributed by atoms with van der Waals surface area (Å²) in [4.78, 5) is 11.7. The van der Waals surface area contributed by atoms with Crippen LogP contribution in [0.1, 0.15) is 32.6 Å². The monoisotopic (exact) mass is 286 g/mol. The molecule has 6 heteroatoms. The summed E-state index contributed by atoms with van der Waals surface area (Å²) in [7, 11) is 0. The van der Waals surface area contributed by atoms with E-state index in [2.05, 4.69) is 10.6 Å². The molecule has 116 valence electrons. The first-order chi connectivity index (χ1) is 9.60. The maximum absolute atomic E-state index is 11.7. The summed E-state index contributed by atoms with van der Waals surface area (Å²) >= 11 is 0. The molecule has 0 aromatic heterocycles. The predicted octanol–water partition coefficient (Wildman–Crippen LogP) is -0.199. The van der Waals surface area contributed by atoms with Crippen LogP contribution in [-0.2, 0) is 14.3 Å². The Bertz CT molecular complexity index is 320. The smallest absolute Gasteiger partial charge is 0.222 e. The third-order valence-corrected chi connectivity index (χ3v) is 4.22. The quantitative estimate of drug-likeness (QED) is 0.630. The summed E-state index contributed by atoms with van der Waals surface area (Å²) < 4.78 is 11.0. The molecule has 0 aromatic rings. The van der Waals surface area contributed by atoms with Crippen LogP contribution >= 0.6 is 0 Å². The van der Waals surface area contributed by atoms with Crippen molar-refractivity contribution in [2.24, 2.45) is 0 Å². The third kappa shape index (κ3) is 4.41. The second-order valence-corrected chi connectivity index (χ2v) is 5.71. The lowest BCUT2D eigenvalue weighted by molar-refractivity contribution is -0.124. The number of piperidine rings is 1. The van der Waals surface area contributed by atoms with E-state index in [1.54, 1.807) is 0 Å². The van der Waals surface area contributed by atoms with E-state index >= 15 is 0 Å². The van der Waals surface area contributed by atoms with E-state index in [0.717, 1.165) is 25.9 Å². The van der Waals surface area contributed by atoms with Crippen LogP contribution < -0.4 is 10.6 Å². The molecule has 2 saturated heterocycles. The Morgan fingerprint density at radius 2 is 2.25 bits per heavy atom. The maximum Gasteiger partial charge on any atom is 0.222 e. The highest BCUT2D eigenvalue weighted by Gasteiger charge is 2.39. The highest BCUT2D eigenvalue weighted by atomic mass is 16.5. The van der Waals surface area contributed by atoms with Gasteiger partial charge in [-0.3, -0.25) is 4.79 Å². The van der Waals surface area contributed by atoms with E-state index in [1.165, 1.54) is 0 Å². The zero-order valence-electron chi connectivity index (χ0n) is 12.2. The molecule has 0 aromatic carbocycles. The molecule has 2 fully saturated rings. The zero-order valence-corrected chi connectivity index (χ0v) is 12.2. The molecule has 0 radical (unpaired) electrons. The fraction of sp³-hybridized carbons (Fsp3) is 0.929. The van der Waals surface area contributed by atoms with Crippen LogP contribution in [-0.4, -0.2) is 61.7 Å². The van der Waals surface area contributed by atoms with Crippen molar-refractivity contribution in [2.45, 2.75) is 50.4 Å². The minimum atomic E-state index is -0.925. The van der Waals surface area contributed by atoms with Crippen molar-refractivity contribution in [1.29, 1.82) is 0 Å². The number of amides is 1. The number of hydrogen-bond donors (Lipinski definition) is 3. The molecule has 3 N–H and O–H groups in total. The highest BCUT2D eigenvalue weighted by molar-refractivity contribution is 5.76. The predicted molar refractivity (Wildman–Crippen MR) is 74.5 cm³/mol. The van der Waals surface area contributed by atoms with Gasteiger partial charge in [0.1, 0.15) is 5.60 Å². The molecule has 2 unspecified atom stereocenters. The summed E-state index contributed by atoms with van der Waals surface area (Å²) in [6.07, 6.45) is 2.98. The van der Waals surface area contributed by atoms with Gasteiger partial charge >= 0.3 is 0 Å². The summed E-state index contributed by atoms with van der Waals surface area (Å²) in [5, 5.41) is 16.3. The van der Waals surface area contributed by atoms with Crippen molar-refractivity contribution in [3.8, 4) is 0 Å². The summed E-state index contributed by atoms with van der Waals surface area (Å²) in [6.45, 7) is 5.05. The summed E-state index contributed by atoms with van der Waals surface area (Å²) in [5.74, 6) is -0.0774. The highest BCUT2D eigenvalue weighted by Crippen LogP contribution is 2.24. The summed E-state index contributed by atoms with van der Waals surface area (Å²) in [5.41, 5.74) is -0.925. The number of carbonyl (C=O) groups excluding carboxylic acids is 1. The van der Waals surface area contributed by atoms with E-state index in [0.29, 0.717) is 26.1 Å². The van der Waals surface area contributed by atoms with Crippen LogP contribution in [0.5, 0.6) is 0 Å². The molecule has 6 nitrogen and oxygen atoms in total. The van der Waals surface area contributed by atoms with Crippen LogP contribution in [0.25, 0.3) is 0 Å². The van der Waals surface area contributed by atoms with Crippen molar-refractivity contribution in [3.63, 3.8) is 0 Å². The van der Waals surface area contributed by atoms with Crippen LogP contribution in [0.2, 0.25) is 0 Å². The first-order valence-electron chi connectivity index (χ1n) is 7.53. The van der Waals surface area contributed by atoms with Gasteiger partial charge in [0.15, 0.2) is 0 Å². The molecule has 2 heterocycles. The number of ether oxygens (including phenoxy) is 2. The molecule has 0 bridgehead atoms. The molecule has 2 aliphatic heterocycles. The molecule has 0 saturated carbocycles. The molecule has 2 atom stereocenters. The molecule has 1 amide bonds. The third-order valence-electron chi connectivity index (χ3n) is 4.22. The van der Waals surface area contributed by atoms with Crippen LogP contribution in [0.15, 0.2) is 0 Å². The summed E-state index contributed by atoms with van der Waals surface area (Å²) in [6, 6.07) is 0. The first-order valence-corrected chi connectivity index (χ1v) is 7.53. The van der Waals surface area contributed by atoms with Gasteiger partial charge in [0.2, 0.25) is 5.91 Å². The second kappa shape index (κ2) is 7.36. The average molecular weight is 286 g/mol. The van der Waals surface area contributed by atoms with Crippen LogP contribution in [0.4, 0.5) is 0 Å². The number of nitrogens with one attached hydrogen (secondary N) is 2. The Labute approximate surface area is 120 Å². The SMILES string of the molecule is CC1OCCC1(O)CNC(=O)CCOC1CCNCC1. The van der Waals surface area contributed by atoms with Gasteiger partial charge in [-0.05, 0) is 32.9 Å². The van der Waals surface area contributed by atoms with Crippen molar-refractivity contribution in [3.05, 3.63) is 0 Å². The average Bonchev–Trinajstić information content (AvgIpc) is 2.78. The number of carbonyl (C=O) groups is 1. The first kappa shape index (κ1) is 15.7. The van der Waals surface area contributed by atoms with Crippen LogP contribution in [0, 0.1) is 0 Å². The molecular formula is C14H26N2O4. The lowest BCUT2D eigenvalue weighted by atomic mass is 9.97. The maximum atomic E-state index is 11.7. The Morgan fingerprint density at radius 3 is 2.90 bits per heavy atom. The van der Waals surface area contributed by atoms with Crippen molar-refractivity contribution >= 4 is 5.91 Å². The minimum absolute atomic E-state index is 0.0774. The molecule has 0 aliphatic carbocycles. The molecule has 2 aliphatic rings. The van der Waals surface area contributed by atoms with Gasteiger partial charge in [0.05, 0.1) is 18.8 Å². The van der Waals surface area contributed by atoms with Gasteiger partial charge in [0, 0.05) is 26.0 Å². The molecule has 20 heavy (non-hydrogen) atoms. The largest absolute Gasteiger partial charge is 0.385 e. The lowest BCUT2D eigenvalue weighted by Gasteiger charge is -2.26. The van der Waals surface area contributed by atoms with E-state index in [9.17, 15) is 9.90 Å². The fourth-order valence-electron chi connectivity index (χ4n) is 2.62. The fourth-order valence-corrected chi connectivity index (χ4v) is 2.62. The number of aliphatic hydroxyl groups is 1. The van der Waals surface area contributed by atoms with E-state index < -0.39 is 5.60 Å². The number of hydrogen-bond acceptors (Lipinski definition) is 5. The van der Waals surface area contributed by atoms with E-state index in [-0.39, 0.29) is 24.7 Å². The van der Waals surface area contributed by atoms with E-state index in [4.69, 9.17) is 9.47 Å². The van der Waals surface area contributed by atoms with Crippen LogP contribution in [0.3, 0.4) is 0 Å². The van der Waals surface area contributed by atoms with Gasteiger partial charge < -0.3 is 25.2 Å². The minimum Gasteiger partial charge on any atom is -0.385 e. The normalized spacial score (nSPS) is 31.4. The Balaban J connectivity index is 1.58. The second-order valence-electron chi connectivity index (χ2n) is 5.71. The Kier molecular flexibility index (Phi) is 5.77. The van der Waals surface area contributed by atoms with E-state index in [1.807, 2.05) is 6.92 Å².